The Morgan fingerprint density at radius 2 is 2.17 bits per heavy atom. The molecule has 3 atom stereocenters. The van der Waals surface area contributed by atoms with E-state index in [0.717, 1.165) is 5.01 Å². The number of carbonyl (C=O) groups is 1. The molecule has 2 rings (SSSR count). The molecule has 23 heavy (non-hydrogen) atoms. The summed E-state index contributed by atoms with van der Waals surface area (Å²) in [5.41, 5.74) is -0.975. The van der Waals surface area contributed by atoms with Crippen molar-refractivity contribution in [3.05, 3.63) is 0 Å². The quantitative estimate of drug-likeness (QED) is 0.299. The lowest BCUT2D eigenvalue weighted by molar-refractivity contribution is -0.109. The van der Waals surface area contributed by atoms with Crippen LogP contribution in [-0.2, 0) is 9.53 Å². The summed E-state index contributed by atoms with van der Waals surface area (Å²) in [5.74, 6) is 0. The topological polar surface area (TPSA) is 48.4 Å². The molecule has 0 aliphatic carbocycles. The van der Waals surface area contributed by atoms with Crippen LogP contribution in [0.3, 0.4) is 0 Å². The number of hydrazone groups is 1. The molecule has 3 unspecified atom stereocenters. The number of carbonyl (C=O) groups excluding carboxylic acids is 1. The largest absolute Gasteiger partial charge is 0.434 e. The zero-order valence-electron chi connectivity index (χ0n) is 12.6. The summed E-state index contributed by atoms with van der Waals surface area (Å²) in [4.78, 5) is 12.3. The predicted molar refractivity (Wildman–Crippen MR) is 82.3 cm³/mol. The maximum Gasteiger partial charge on any atom is 0.434 e. The Kier molecular flexibility index (Phi) is 5.62. The number of rotatable bonds is 4. The van der Waals surface area contributed by atoms with Crippen molar-refractivity contribution >= 4 is 39.7 Å². The first-order valence-corrected chi connectivity index (χ1v) is 8.05. The summed E-state index contributed by atoms with van der Waals surface area (Å²) in [6, 6.07) is -0.691. The van der Waals surface area contributed by atoms with Crippen LogP contribution in [0.5, 0.6) is 0 Å². The monoisotopic (exact) mass is 420 g/mol. The Morgan fingerprint density at radius 1 is 1.52 bits per heavy atom. The number of alkyl halides is 4. The minimum Gasteiger partial charge on any atom is -0.364 e. The van der Waals surface area contributed by atoms with Gasteiger partial charge in [0.1, 0.15) is 17.0 Å². The normalized spacial score (nSPS) is 33.9. The van der Waals surface area contributed by atoms with Gasteiger partial charge in [-0.1, -0.05) is 15.9 Å². The summed E-state index contributed by atoms with van der Waals surface area (Å²) >= 11 is 9.26. The minimum atomic E-state index is -4.63. The molecule has 0 radical (unpaired) electrons. The first kappa shape index (κ1) is 18.9. The van der Waals surface area contributed by atoms with Gasteiger partial charge in [0.05, 0.1) is 12.6 Å². The molecule has 0 spiro atoms. The lowest BCUT2D eigenvalue weighted by atomic mass is 10.0. The number of hydrogen-bond donors (Lipinski definition) is 0. The predicted octanol–water partition coefficient (Wildman–Crippen LogP) is 1.64. The standard InChI is InChI=1S/C12H17BrClF3N4O2/c1-8-11(13,19-3-4-20(14)9(7-19)23-2)10(12(15,16)17)18-21(8)5-6-22/h6,8-9H,3-5,7H2,1-2H3. The fourth-order valence-corrected chi connectivity index (χ4v) is 3.92. The Bertz CT molecular complexity index is 495. The van der Waals surface area contributed by atoms with Crippen LogP contribution >= 0.6 is 27.7 Å². The van der Waals surface area contributed by atoms with Crippen LogP contribution in [0.1, 0.15) is 6.92 Å². The second-order valence-corrected chi connectivity index (χ2v) is 6.99. The van der Waals surface area contributed by atoms with Crippen LogP contribution in [0.25, 0.3) is 0 Å². The van der Waals surface area contributed by atoms with E-state index in [0.29, 0.717) is 19.4 Å². The first-order valence-electron chi connectivity index (χ1n) is 6.92. The summed E-state index contributed by atoms with van der Waals surface area (Å²) in [5, 5.41) is 4.78. The fourth-order valence-electron chi connectivity index (χ4n) is 2.84. The molecule has 0 aromatic carbocycles. The van der Waals surface area contributed by atoms with Crippen molar-refractivity contribution < 1.29 is 22.7 Å². The van der Waals surface area contributed by atoms with Gasteiger partial charge >= 0.3 is 6.18 Å². The summed E-state index contributed by atoms with van der Waals surface area (Å²) in [6.45, 7) is 2.17. The molecule has 0 aromatic heterocycles. The number of piperazine rings is 1. The Balaban J connectivity index is 2.36. The van der Waals surface area contributed by atoms with Crippen LogP contribution in [0.4, 0.5) is 13.2 Å². The van der Waals surface area contributed by atoms with Crippen molar-refractivity contribution in [3.63, 3.8) is 0 Å². The lowest BCUT2D eigenvalue weighted by Crippen LogP contribution is -2.65. The molecular formula is C12H17BrClF3N4O2. The SMILES string of the molecule is COC1CN(C2(Br)C(C(F)(F)F)=NN(CC=O)C2C)CCN1Cl. The number of ether oxygens (including phenoxy) is 1. The second-order valence-electron chi connectivity index (χ2n) is 5.34. The Morgan fingerprint density at radius 3 is 2.70 bits per heavy atom. The smallest absolute Gasteiger partial charge is 0.364 e. The molecule has 1 saturated heterocycles. The van der Waals surface area contributed by atoms with Crippen molar-refractivity contribution in [1.82, 2.24) is 14.3 Å². The van der Waals surface area contributed by atoms with Gasteiger partial charge in [0.25, 0.3) is 0 Å². The van der Waals surface area contributed by atoms with E-state index in [1.165, 1.54) is 11.5 Å². The highest BCUT2D eigenvalue weighted by Crippen LogP contribution is 2.44. The van der Waals surface area contributed by atoms with E-state index in [-0.39, 0.29) is 13.1 Å². The number of methoxy groups -OCH3 is 1. The van der Waals surface area contributed by atoms with E-state index in [9.17, 15) is 18.0 Å². The highest BCUT2D eigenvalue weighted by molar-refractivity contribution is 9.10. The fraction of sp³-hybridized carbons (Fsp3) is 0.833. The number of nitrogens with zero attached hydrogens (tertiary/aromatic N) is 4. The zero-order valence-corrected chi connectivity index (χ0v) is 14.9. The van der Waals surface area contributed by atoms with Gasteiger partial charge in [-0.3, -0.25) is 9.91 Å². The van der Waals surface area contributed by atoms with Crippen molar-refractivity contribution in [3.8, 4) is 0 Å². The van der Waals surface area contributed by atoms with E-state index >= 15 is 0 Å². The van der Waals surface area contributed by atoms with Crippen LogP contribution in [-0.4, -0.2) is 82.5 Å². The van der Waals surface area contributed by atoms with Gasteiger partial charge in [0.2, 0.25) is 0 Å². The molecule has 0 N–H and O–H groups in total. The van der Waals surface area contributed by atoms with Gasteiger partial charge in [-0.15, -0.1) is 0 Å². The summed E-state index contributed by atoms with van der Waals surface area (Å²) in [6.07, 6.45) is -4.64. The average Bonchev–Trinajstić information content (AvgIpc) is 2.74. The van der Waals surface area contributed by atoms with Gasteiger partial charge in [0.15, 0.2) is 5.71 Å². The number of hydrogen-bond acceptors (Lipinski definition) is 6. The highest BCUT2D eigenvalue weighted by atomic mass is 79.9. The first-order chi connectivity index (χ1) is 10.7. The number of halogens is 5. The Labute approximate surface area is 145 Å². The zero-order chi connectivity index (χ0) is 17.4. The molecule has 2 aliphatic heterocycles. The van der Waals surface area contributed by atoms with Gasteiger partial charge in [0, 0.05) is 26.7 Å². The van der Waals surface area contributed by atoms with E-state index in [1.54, 1.807) is 11.8 Å². The summed E-state index contributed by atoms with van der Waals surface area (Å²) < 4.78 is 45.5. The molecular weight excluding hydrogens is 405 g/mol. The lowest BCUT2D eigenvalue weighted by Gasteiger charge is -2.46. The van der Waals surface area contributed by atoms with Gasteiger partial charge in [-0.2, -0.15) is 22.7 Å². The van der Waals surface area contributed by atoms with Crippen molar-refractivity contribution in [2.45, 2.75) is 29.8 Å². The third-order valence-electron chi connectivity index (χ3n) is 4.10. The molecule has 6 nitrogen and oxygen atoms in total. The van der Waals surface area contributed by atoms with Gasteiger partial charge < -0.3 is 9.53 Å². The van der Waals surface area contributed by atoms with E-state index in [4.69, 9.17) is 16.5 Å². The van der Waals surface area contributed by atoms with E-state index in [2.05, 4.69) is 21.0 Å². The molecule has 2 aliphatic rings. The molecule has 11 heteroatoms. The van der Waals surface area contributed by atoms with Gasteiger partial charge in [-0.05, 0) is 18.7 Å². The maximum absolute atomic E-state index is 13.5. The highest BCUT2D eigenvalue weighted by Gasteiger charge is 2.61. The number of aldehydes is 1. The van der Waals surface area contributed by atoms with Crippen LogP contribution in [0.2, 0.25) is 0 Å². The Hall–Kier alpha value is -0.420. The van der Waals surface area contributed by atoms with Crippen LogP contribution in [0, 0.1) is 0 Å². The third-order valence-corrected chi connectivity index (χ3v) is 6.02. The van der Waals surface area contributed by atoms with Crippen molar-refractivity contribution in [2.75, 3.05) is 33.3 Å². The minimum absolute atomic E-state index is 0.166. The van der Waals surface area contributed by atoms with Crippen molar-refractivity contribution in [2.24, 2.45) is 5.10 Å². The van der Waals surface area contributed by atoms with E-state index in [1.807, 2.05) is 0 Å². The molecule has 132 valence electrons. The molecule has 0 bridgehead atoms. The molecule has 0 amide bonds. The molecule has 0 saturated carbocycles. The van der Waals surface area contributed by atoms with Crippen LogP contribution in [0.15, 0.2) is 5.10 Å². The molecule has 2 heterocycles. The second kappa shape index (κ2) is 6.83. The van der Waals surface area contributed by atoms with Crippen molar-refractivity contribution in [1.29, 1.82) is 0 Å². The third kappa shape index (κ3) is 3.37. The maximum atomic E-state index is 13.5. The molecule has 0 aromatic rings. The van der Waals surface area contributed by atoms with Crippen LogP contribution < -0.4 is 0 Å². The van der Waals surface area contributed by atoms with E-state index < -0.39 is 28.6 Å². The average molecular weight is 422 g/mol. The molecule has 1 fully saturated rings. The van der Waals surface area contributed by atoms with Gasteiger partial charge in [-0.25, -0.2) is 0 Å². The summed E-state index contributed by atoms with van der Waals surface area (Å²) in [7, 11) is 1.44.